The number of pyridine rings is 1. The van der Waals surface area contributed by atoms with Crippen LogP contribution in [0.15, 0.2) is 53.3 Å². The van der Waals surface area contributed by atoms with Crippen molar-refractivity contribution in [3.05, 3.63) is 70.0 Å². The number of carbonyl (C=O) groups excluding carboxylic acids is 1. The van der Waals surface area contributed by atoms with Crippen molar-refractivity contribution in [3.8, 4) is 17.3 Å². The van der Waals surface area contributed by atoms with Gasteiger partial charge in [0.15, 0.2) is 0 Å². The molecule has 0 saturated carbocycles. The first-order chi connectivity index (χ1) is 13.2. The summed E-state index contributed by atoms with van der Waals surface area (Å²) in [6.45, 7) is 3.03. The van der Waals surface area contributed by atoms with E-state index in [9.17, 15) is 14.9 Å². The predicted octanol–water partition coefficient (Wildman–Crippen LogP) is 2.11. The number of piperazine rings is 1. The van der Waals surface area contributed by atoms with Gasteiger partial charge in [-0.3, -0.25) is 9.59 Å². The van der Waals surface area contributed by atoms with Gasteiger partial charge in [0.05, 0.1) is 11.6 Å². The molecule has 2 heterocycles. The molecule has 0 spiro atoms. The summed E-state index contributed by atoms with van der Waals surface area (Å²) < 4.78 is 0. The molecule has 1 aliphatic heterocycles. The number of nitriles is 1. The Morgan fingerprint density at radius 3 is 2.48 bits per heavy atom. The highest BCUT2D eigenvalue weighted by Gasteiger charge is 2.18. The number of carbonyl (C=O) groups is 1. The topological polar surface area (TPSA) is 89.0 Å². The lowest BCUT2D eigenvalue weighted by molar-refractivity contribution is 0.0736. The number of aromatic amines is 1. The molecule has 1 saturated heterocycles. The molecule has 0 unspecified atom stereocenters. The van der Waals surface area contributed by atoms with Crippen molar-refractivity contribution >= 4 is 16.7 Å². The summed E-state index contributed by atoms with van der Waals surface area (Å²) in [5.41, 5.74) is 2.27. The second-order valence-electron chi connectivity index (χ2n) is 6.51. The number of hydrogen-bond acceptors (Lipinski definition) is 4. The highest BCUT2D eigenvalue weighted by molar-refractivity contribution is 5.95. The van der Waals surface area contributed by atoms with Crippen molar-refractivity contribution < 1.29 is 4.79 Å². The normalized spacial score (nSPS) is 14.1. The molecular weight excluding hydrogens is 340 g/mol. The first-order valence-electron chi connectivity index (χ1n) is 8.84. The molecule has 6 nitrogen and oxygen atoms in total. The van der Waals surface area contributed by atoms with E-state index >= 15 is 0 Å². The average Bonchev–Trinajstić information content (AvgIpc) is 2.73. The van der Waals surface area contributed by atoms with E-state index in [1.165, 1.54) is 0 Å². The zero-order valence-electron chi connectivity index (χ0n) is 14.7. The van der Waals surface area contributed by atoms with Crippen molar-refractivity contribution in [3.63, 3.8) is 0 Å². The lowest BCUT2D eigenvalue weighted by Crippen LogP contribution is -2.46. The first-order valence-corrected chi connectivity index (χ1v) is 8.84. The number of amides is 1. The Bertz CT molecular complexity index is 1100. The molecule has 134 valence electrons. The zero-order valence-corrected chi connectivity index (χ0v) is 14.7. The zero-order chi connectivity index (χ0) is 18.8. The molecule has 0 aliphatic carbocycles. The van der Waals surface area contributed by atoms with E-state index in [2.05, 4.69) is 16.4 Å². The molecule has 1 aromatic heterocycles. The lowest BCUT2D eigenvalue weighted by Gasteiger charge is -2.27. The lowest BCUT2D eigenvalue weighted by atomic mass is 10.0. The highest BCUT2D eigenvalue weighted by Crippen LogP contribution is 2.23. The molecule has 0 atom stereocenters. The summed E-state index contributed by atoms with van der Waals surface area (Å²) >= 11 is 0. The predicted molar refractivity (Wildman–Crippen MR) is 103 cm³/mol. The van der Waals surface area contributed by atoms with Gasteiger partial charge in [0.1, 0.15) is 0 Å². The van der Waals surface area contributed by atoms with Gasteiger partial charge in [0.25, 0.3) is 11.5 Å². The van der Waals surface area contributed by atoms with E-state index in [4.69, 9.17) is 0 Å². The van der Waals surface area contributed by atoms with E-state index in [0.717, 1.165) is 18.7 Å². The third kappa shape index (κ3) is 3.21. The van der Waals surface area contributed by atoms with Crippen LogP contribution < -0.4 is 10.9 Å². The number of benzene rings is 2. The maximum atomic E-state index is 12.6. The van der Waals surface area contributed by atoms with Gasteiger partial charge >= 0.3 is 0 Å². The van der Waals surface area contributed by atoms with E-state index in [1.54, 1.807) is 30.3 Å². The van der Waals surface area contributed by atoms with Gasteiger partial charge in [0, 0.05) is 48.2 Å². The molecule has 27 heavy (non-hydrogen) atoms. The fraction of sp³-hybridized carbons (Fsp3) is 0.190. The summed E-state index contributed by atoms with van der Waals surface area (Å²) in [4.78, 5) is 29.7. The summed E-state index contributed by atoms with van der Waals surface area (Å²) in [6.07, 6.45) is 0. The summed E-state index contributed by atoms with van der Waals surface area (Å²) in [5.74, 6) is 0.0156. The third-order valence-corrected chi connectivity index (χ3v) is 4.86. The minimum absolute atomic E-state index is 0.0156. The van der Waals surface area contributed by atoms with Crippen molar-refractivity contribution in [2.24, 2.45) is 0 Å². The molecule has 0 bridgehead atoms. The Morgan fingerprint density at radius 1 is 1.04 bits per heavy atom. The number of hydrogen-bond donors (Lipinski definition) is 2. The van der Waals surface area contributed by atoms with Crippen LogP contribution >= 0.6 is 0 Å². The number of H-pyrrole nitrogens is 1. The fourth-order valence-electron chi connectivity index (χ4n) is 3.38. The number of fused-ring (bicyclic) bond motifs is 1. The minimum atomic E-state index is -0.236. The van der Waals surface area contributed by atoms with E-state index in [0.29, 0.717) is 40.7 Å². The quantitative estimate of drug-likeness (QED) is 0.734. The van der Waals surface area contributed by atoms with Gasteiger partial charge in [0.2, 0.25) is 0 Å². The number of nitrogens with one attached hydrogen (secondary N) is 2. The Balaban J connectivity index is 1.69. The highest BCUT2D eigenvalue weighted by atomic mass is 16.2. The molecule has 2 aromatic carbocycles. The number of nitrogens with zero attached hydrogens (tertiary/aromatic N) is 2. The largest absolute Gasteiger partial charge is 0.336 e. The molecule has 1 aliphatic rings. The molecule has 0 radical (unpaired) electrons. The number of aromatic nitrogens is 1. The van der Waals surface area contributed by atoms with E-state index in [-0.39, 0.29) is 11.5 Å². The van der Waals surface area contributed by atoms with Crippen LogP contribution in [0.3, 0.4) is 0 Å². The number of rotatable bonds is 2. The summed E-state index contributed by atoms with van der Waals surface area (Å²) in [5, 5.41) is 13.6. The molecule has 4 rings (SSSR count). The van der Waals surface area contributed by atoms with E-state index in [1.807, 2.05) is 23.1 Å². The Labute approximate surface area is 156 Å². The smallest absolute Gasteiger partial charge is 0.256 e. The standard InChI is InChI=1S/C21H18N4O2/c22-13-16-2-1-3-17-18(16)12-19(24-20(17)26)14-4-6-15(7-5-14)21(27)25-10-8-23-9-11-25/h1-7,12,23H,8-11H2,(H,24,26). The van der Waals surface area contributed by atoms with E-state index < -0.39 is 0 Å². The molecular formula is C21H18N4O2. The van der Waals surface area contributed by atoms with Crippen LogP contribution in [-0.4, -0.2) is 42.0 Å². The maximum Gasteiger partial charge on any atom is 0.256 e. The molecule has 1 fully saturated rings. The Kier molecular flexibility index (Phi) is 4.45. The van der Waals surface area contributed by atoms with Gasteiger partial charge in [-0.05, 0) is 35.9 Å². The summed E-state index contributed by atoms with van der Waals surface area (Å²) in [7, 11) is 0. The first kappa shape index (κ1) is 17.0. The van der Waals surface area contributed by atoms with Gasteiger partial charge < -0.3 is 15.2 Å². The second-order valence-corrected chi connectivity index (χ2v) is 6.51. The Hall–Kier alpha value is -3.43. The summed E-state index contributed by atoms with van der Waals surface area (Å²) in [6, 6.07) is 16.2. The van der Waals surface area contributed by atoms with Crippen LogP contribution in [0.4, 0.5) is 0 Å². The maximum absolute atomic E-state index is 12.6. The van der Waals surface area contributed by atoms with Crippen LogP contribution in [0.25, 0.3) is 22.0 Å². The van der Waals surface area contributed by atoms with Crippen LogP contribution in [0.2, 0.25) is 0 Å². The van der Waals surface area contributed by atoms with Crippen molar-refractivity contribution in [2.75, 3.05) is 26.2 Å². The third-order valence-electron chi connectivity index (χ3n) is 4.86. The van der Waals surface area contributed by atoms with Crippen molar-refractivity contribution in [2.45, 2.75) is 0 Å². The average molecular weight is 358 g/mol. The van der Waals surface area contributed by atoms with Gasteiger partial charge in [-0.15, -0.1) is 0 Å². The van der Waals surface area contributed by atoms with Crippen LogP contribution in [-0.2, 0) is 0 Å². The van der Waals surface area contributed by atoms with Crippen molar-refractivity contribution in [1.29, 1.82) is 5.26 Å². The second kappa shape index (κ2) is 7.06. The van der Waals surface area contributed by atoms with Crippen LogP contribution in [0, 0.1) is 11.3 Å². The minimum Gasteiger partial charge on any atom is -0.336 e. The fourth-order valence-corrected chi connectivity index (χ4v) is 3.38. The Morgan fingerprint density at radius 2 is 1.78 bits per heavy atom. The molecule has 6 heteroatoms. The molecule has 3 aromatic rings. The van der Waals surface area contributed by atoms with Gasteiger partial charge in [-0.1, -0.05) is 18.2 Å². The molecule has 2 N–H and O–H groups in total. The van der Waals surface area contributed by atoms with Crippen LogP contribution in [0.1, 0.15) is 15.9 Å². The SMILES string of the molecule is N#Cc1cccc2c(=O)[nH]c(-c3ccc(C(=O)N4CCNCC4)cc3)cc12. The van der Waals surface area contributed by atoms with Crippen molar-refractivity contribution in [1.82, 2.24) is 15.2 Å². The van der Waals surface area contributed by atoms with Gasteiger partial charge in [-0.25, -0.2) is 0 Å². The van der Waals surface area contributed by atoms with Gasteiger partial charge in [-0.2, -0.15) is 5.26 Å². The molecule has 1 amide bonds. The monoisotopic (exact) mass is 358 g/mol. The van der Waals surface area contributed by atoms with Crippen LogP contribution in [0.5, 0.6) is 0 Å².